The summed E-state index contributed by atoms with van der Waals surface area (Å²) in [6.07, 6.45) is 1.79. The molecule has 0 aromatic carbocycles. The van der Waals surface area contributed by atoms with E-state index in [4.69, 9.17) is 0 Å². The van der Waals surface area contributed by atoms with Crippen molar-refractivity contribution in [3.05, 3.63) is 22.4 Å². The van der Waals surface area contributed by atoms with E-state index in [1.54, 1.807) is 6.20 Å². The molecular formula is C11H16BrN3O. The van der Waals surface area contributed by atoms with Gasteiger partial charge in [0.25, 0.3) is 5.91 Å². The minimum atomic E-state index is 0.0986. The van der Waals surface area contributed by atoms with Crippen molar-refractivity contribution >= 4 is 21.8 Å². The zero-order valence-electron chi connectivity index (χ0n) is 9.37. The van der Waals surface area contributed by atoms with E-state index in [9.17, 15) is 4.79 Å². The molecule has 16 heavy (non-hydrogen) atoms. The topological polar surface area (TPSA) is 39.3 Å². The minimum Gasteiger partial charge on any atom is -0.356 e. The monoisotopic (exact) mass is 285 g/mol. The lowest BCUT2D eigenvalue weighted by atomic mass is 10.3. The molecule has 0 aliphatic carbocycles. The van der Waals surface area contributed by atoms with Gasteiger partial charge in [0, 0.05) is 36.8 Å². The molecule has 88 valence electrons. The molecule has 0 spiro atoms. The van der Waals surface area contributed by atoms with E-state index in [1.165, 1.54) is 0 Å². The number of H-pyrrole nitrogens is 1. The molecule has 0 atom stereocenters. The van der Waals surface area contributed by atoms with Crippen LogP contribution in [0.3, 0.4) is 0 Å². The molecule has 1 fully saturated rings. The fourth-order valence-corrected chi connectivity index (χ4v) is 2.27. The largest absolute Gasteiger partial charge is 0.356 e. The molecule has 1 aromatic rings. The average molecular weight is 286 g/mol. The maximum absolute atomic E-state index is 12.1. The van der Waals surface area contributed by atoms with Gasteiger partial charge < -0.3 is 14.8 Å². The molecular weight excluding hydrogens is 270 g/mol. The summed E-state index contributed by atoms with van der Waals surface area (Å²) in [5.74, 6) is 0.0986. The predicted molar refractivity (Wildman–Crippen MR) is 66.5 cm³/mol. The third-order valence-corrected chi connectivity index (χ3v) is 3.44. The SMILES string of the molecule is CCN1CCN(C(=O)c2cc(Br)c[nH]2)CC1. The lowest BCUT2D eigenvalue weighted by molar-refractivity contribution is 0.0638. The van der Waals surface area contributed by atoms with Crippen molar-refractivity contribution in [1.82, 2.24) is 14.8 Å². The van der Waals surface area contributed by atoms with Gasteiger partial charge >= 0.3 is 0 Å². The molecule has 0 bridgehead atoms. The number of amides is 1. The van der Waals surface area contributed by atoms with Crippen LogP contribution >= 0.6 is 15.9 Å². The molecule has 1 aliphatic rings. The Morgan fingerprint density at radius 2 is 2.12 bits per heavy atom. The maximum Gasteiger partial charge on any atom is 0.270 e. The highest BCUT2D eigenvalue weighted by molar-refractivity contribution is 9.10. The summed E-state index contributed by atoms with van der Waals surface area (Å²) in [7, 11) is 0. The Hall–Kier alpha value is -0.810. The number of halogens is 1. The van der Waals surface area contributed by atoms with Crippen LogP contribution in [-0.4, -0.2) is 53.4 Å². The highest BCUT2D eigenvalue weighted by Gasteiger charge is 2.21. The number of rotatable bonds is 2. The van der Waals surface area contributed by atoms with E-state index in [0.717, 1.165) is 37.2 Å². The predicted octanol–water partition coefficient (Wildman–Crippen LogP) is 1.55. The summed E-state index contributed by atoms with van der Waals surface area (Å²) in [5.41, 5.74) is 0.664. The summed E-state index contributed by atoms with van der Waals surface area (Å²) in [6.45, 7) is 6.82. The van der Waals surface area contributed by atoms with Gasteiger partial charge in [0.2, 0.25) is 0 Å². The van der Waals surface area contributed by atoms with Crippen LogP contribution in [0.15, 0.2) is 16.7 Å². The third-order valence-electron chi connectivity index (χ3n) is 2.98. The van der Waals surface area contributed by atoms with Crippen molar-refractivity contribution in [3.8, 4) is 0 Å². The molecule has 1 aromatic heterocycles. The van der Waals surface area contributed by atoms with Crippen molar-refractivity contribution in [2.75, 3.05) is 32.7 Å². The van der Waals surface area contributed by atoms with Crippen LogP contribution in [0.1, 0.15) is 17.4 Å². The summed E-state index contributed by atoms with van der Waals surface area (Å²) >= 11 is 3.33. The van der Waals surface area contributed by atoms with Gasteiger partial charge in [-0.25, -0.2) is 0 Å². The first-order chi connectivity index (χ1) is 7.70. The van der Waals surface area contributed by atoms with Gasteiger partial charge in [-0.15, -0.1) is 0 Å². The van der Waals surface area contributed by atoms with Gasteiger partial charge in [-0.3, -0.25) is 4.79 Å². The summed E-state index contributed by atoms with van der Waals surface area (Å²) < 4.78 is 0.919. The molecule has 5 heteroatoms. The first kappa shape index (κ1) is 11.7. The van der Waals surface area contributed by atoms with Crippen molar-refractivity contribution < 1.29 is 4.79 Å². The quantitative estimate of drug-likeness (QED) is 0.896. The van der Waals surface area contributed by atoms with Gasteiger partial charge in [-0.05, 0) is 28.5 Å². The van der Waals surface area contributed by atoms with Crippen LogP contribution in [0.5, 0.6) is 0 Å². The van der Waals surface area contributed by atoms with E-state index in [2.05, 4.69) is 32.7 Å². The number of hydrogen-bond donors (Lipinski definition) is 1. The average Bonchev–Trinajstić information content (AvgIpc) is 2.75. The fourth-order valence-electron chi connectivity index (χ4n) is 1.93. The first-order valence-electron chi connectivity index (χ1n) is 5.56. The number of nitrogens with zero attached hydrogens (tertiary/aromatic N) is 2. The van der Waals surface area contributed by atoms with E-state index in [-0.39, 0.29) is 5.91 Å². The zero-order valence-corrected chi connectivity index (χ0v) is 11.0. The molecule has 0 radical (unpaired) electrons. The van der Waals surface area contributed by atoms with Crippen molar-refractivity contribution in [2.24, 2.45) is 0 Å². The summed E-state index contributed by atoms with van der Waals surface area (Å²) in [4.78, 5) is 19.3. The molecule has 1 amide bonds. The number of carbonyl (C=O) groups excluding carboxylic acids is 1. The Morgan fingerprint density at radius 3 is 2.62 bits per heavy atom. The van der Waals surface area contributed by atoms with E-state index >= 15 is 0 Å². The normalized spacial score (nSPS) is 17.8. The highest BCUT2D eigenvalue weighted by atomic mass is 79.9. The second kappa shape index (κ2) is 5.01. The standard InChI is InChI=1S/C11H16BrN3O/c1-2-14-3-5-15(6-4-14)11(16)10-7-9(12)8-13-10/h7-8,13H,2-6H2,1H3. The van der Waals surface area contributed by atoms with Gasteiger partial charge in [0.1, 0.15) is 5.69 Å². The first-order valence-corrected chi connectivity index (χ1v) is 6.35. The number of nitrogens with one attached hydrogen (secondary N) is 1. The lowest BCUT2D eigenvalue weighted by Gasteiger charge is -2.33. The van der Waals surface area contributed by atoms with Crippen molar-refractivity contribution in [1.29, 1.82) is 0 Å². The van der Waals surface area contributed by atoms with Gasteiger partial charge in [0.05, 0.1) is 0 Å². The molecule has 1 saturated heterocycles. The molecule has 4 nitrogen and oxygen atoms in total. The van der Waals surface area contributed by atoms with E-state index in [1.807, 2.05) is 11.0 Å². The molecule has 2 rings (SSSR count). The zero-order chi connectivity index (χ0) is 11.5. The van der Waals surface area contributed by atoms with Crippen LogP contribution in [0.25, 0.3) is 0 Å². The number of likely N-dealkylation sites (N-methyl/N-ethyl adjacent to an activating group) is 1. The molecule has 0 unspecified atom stereocenters. The Labute approximate surface area is 104 Å². The number of piperazine rings is 1. The second-order valence-corrected chi connectivity index (χ2v) is 4.87. The van der Waals surface area contributed by atoms with E-state index < -0.39 is 0 Å². The van der Waals surface area contributed by atoms with Crippen LogP contribution in [0.4, 0.5) is 0 Å². The highest BCUT2D eigenvalue weighted by Crippen LogP contribution is 2.13. The Balaban J connectivity index is 1.96. The Morgan fingerprint density at radius 1 is 1.44 bits per heavy atom. The molecule has 2 heterocycles. The second-order valence-electron chi connectivity index (χ2n) is 3.96. The number of carbonyl (C=O) groups is 1. The number of aromatic nitrogens is 1. The Bertz CT molecular complexity index is 369. The summed E-state index contributed by atoms with van der Waals surface area (Å²) in [6, 6.07) is 1.83. The van der Waals surface area contributed by atoms with Gasteiger partial charge in [0.15, 0.2) is 0 Å². The van der Waals surface area contributed by atoms with Crippen LogP contribution < -0.4 is 0 Å². The fraction of sp³-hybridized carbons (Fsp3) is 0.545. The van der Waals surface area contributed by atoms with Crippen molar-refractivity contribution in [2.45, 2.75) is 6.92 Å². The molecule has 1 N–H and O–H groups in total. The molecule has 1 aliphatic heterocycles. The number of aromatic amines is 1. The van der Waals surface area contributed by atoms with E-state index in [0.29, 0.717) is 5.69 Å². The Kier molecular flexibility index (Phi) is 3.66. The van der Waals surface area contributed by atoms with Crippen LogP contribution in [0, 0.1) is 0 Å². The van der Waals surface area contributed by atoms with Crippen LogP contribution in [-0.2, 0) is 0 Å². The number of hydrogen-bond acceptors (Lipinski definition) is 2. The minimum absolute atomic E-state index is 0.0986. The van der Waals surface area contributed by atoms with Gasteiger partial charge in [-0.1, -0.05) is 6.92 Å². The third kappa shape index (κ3) is 2.47. The van der Waals surface area contributed by atoms with Crippen LogP contribution in [0.2, 0.25) is 0 Å². The smallest absolute Gasteiger partial charge is 0.270 e. The van der Waals surface area contributed by atoms with Gasteiger partial charge in [-0.2, -0.15) is 0 Å². The lowest BCUT2D eigenvalue weighted by Crippen LogP contribution is -2.48. The maximum atomic E-state index is 12.1. The molecule has 0 saturated carbocycles. The summed E-state index contributed by atoms with van der Waals surface area (Å²) in [5, 5.41) is 0. The van der Waals surface area contributed by atoms with Crippen molar-refractivity contribution in [3.63, 3.8) is 0 Å².